The molecule has 372 valence electrons. The highest BCUT2D eigenvalue weighted by molar-refractivity contribution is 5.77. The summed E-state index contributed by atoms with van der Waals surface area (Å²) in [5.74, 6) is -0.514. The van der Waals surface area contributed by atoms with Crippen molar-refractivity contribution in [2.75, 3.05) is 6.61 Å². The highest BCUT2D eigenvalue weighted by Crippen LogP contribution is 2.17. The Labute approximate surface area is 397 Å². The van der Waals surface area contributed by atoms with E-state index in [2.05, 4.69) is 86.8 Å². The maximum Gasteiger partial charge on any atom is 0.306 e. The van der Waals surface area contributed by atoms with Gasteiger partial charge in [0, 0.05) is 6.42 Å². The largest absolute Gasteiger partial charge is 0.462 e. The van der Waals surface area contributed by atoms with Crippen molar-refractivity contribution in [2.45, 2.75) is 289 Å². The molecule has 3 atom stereocenters. The Morgan fingerprint density at radius 2 is 0.797 bits per heavy atom. The van der Waals surface area contributed by atoms with Crippen LogP contribution in [-0.4, -0.2) is 46.9 Å². The Bertz CT molecular complexity index is 1140. The molecule has 0 fully saturated rings. The minimum absolute atomic E-state index is 0.0584. The molecule has 0 spiro atoms. The number of amides is 1. The second-order valence-corrected chi connectivity index (χ2v) is 18.6. The minimum atomic E-state index is -0.796. The number of esters is 1. The lowest BCUT2D eigenvalue weighted by Crippen LogP contribution is -2.46. The summed E-state index contributed by atoms with van der Waals surface area (Å²) in [7, 11) is 0. The maximum absolute atomic E-state index is 13.2. The van der Waals surface area contributed by atoms with E-state index in [1.54, 1.807) is 0 Å². The number of unbranched alkanes of at least 4 members (excludes halogenated alkanes) is 27. The van der Waals surface area contributed by atoms with Crippen LogP contribution in [0.25, 0.3) is 0 Å². The van der Waals surface area contributed by atoms with Gasteiger partial charge in [-0.25, -0.2) is 0 Å². The summed E-state index contributed by atoms with van der Waals surface area (Å²) in [4.78, 5) is 26.2. The molecule has 1 amide bonds. The molecule has 6 nitrogen and oxygen atoms in total. The highest BCUT2D eigenvalue weighted by atomic mass is 16.5. The standard InChI is InChI=1S/C58H105NO5/c1-4-7-10-13-16-19-22-24-26-27-28-29-31-33-36-39-42-45-48-51-58(63)64-54(49-46-43-40-37-35-32-30-25-23-20-17-14-11-8-5-2)52-57(62)59-55(53-60)56(61)50-47-44-41-38-34-21-18-15-12-9-6-3/h16,19,24-26,28-30,33,36,54-56,60-61H,4-15,17-18,20-23,27,31-32,34-35,37-53H2,1-3H3,(H,59,62)/b19-16-,26-24-,29-28-,30-25+,36-33-. The fraction of sp³-hybridized carbons (Fsp3) is 0.793. The van der Waals surface area contributed by atoms with E-state index in [9.17, 15) is 19.8 Å². The third kappa shape index (κ3) is 46.1. The SMILES string of the molecule is CCCCC/C=C\C/C=C\C/C=C\C/C=C\CCCCCC(=O)OC(CCCCCCC/C=C/CCCCCCCC)CC(=O)NC(CO)C(O)CCCCCCCCCCCCC. The van der Waals surface area contributed by atoms with Crippen molar-refractivity contribution >= 4 is 11.9 Å². The Morgan fingerprint density at radius 3 is 1.25 bits per heavy atom. The first-order valence-electron chi connectivity index (χ1n) is 27.5. The summed E-state index contributed by atoms with van der Waals surface area (Å²) < 4.78 is 5.93. The van der Waals surface area contributed by atoms with Crippen LogP contribution in [0.3, 0.4) is 0 Å². The molecule has 0 saturated carbocycles. The molecular weight excluding hydrogens is 791 g/mol. The number of aliphatic hydroxyl groups excluding tert-OH is 2. The summed E-state index contributed by atoms with van der Waals surface area (Å²) in [6, 6.07) is -0.712. The minimum Gasteiger partial charge on any atom is -0.462 e. The van der Waals surface area contributed by atoms with Gasteiger partial charge in [0.05, 0.1) is 25.2 Å². The van der Waals surface area contributed by atoms with E-state index in [-0.39, 0.29) is 24.9 Å². The predicted molar refractivity (Wildman–Crippen MR) is 278 cm³/mol. The van der Waals surface area contributed by atoms with Gasteiger partial charge in [0.15, 0.2) is 0 Å². The van der Waals surface area contributed by atoms with Gasteiger partial charge < -0.3 is 20.3 Å². The molecule has 0 aliphatic rings. The molecule has 0 saturated heterocycles. The quantitative estimate of drug-likeness (QED) is 0.0321. The molecule has 64 heavy (non-hydrogen) atoms. The molecule has 0 aromatic heterocycles. The van der Waals surface area contributed by atoms with Gasteiger partial charge >= 0.3 is 5.97 Å². The molecule has 0 aromatic rings. The maximum atomic E-state index is 13.2. The van der Waals surface area contributed by atoms with Crippen molar-refractivity contribution in [3.05, 3.63) is 60.8 Å². The second-order valence-electron chi connectivity index (χ2n) is 18.6. The number of hydrogen-bond acceptors (Lipinski definition) is 5. The van der Waals surface area contributed by atoms with Crippen molar-refractivity contribution in [1.82, 2.24) is 5.32 Å². The van der Waals surface area contributed by atoms with Crippen LogP contribution in [0.5, 0.6) is 0 Å². The summed E-state index contributed by atoms with van der Waals surface area (Å²) in [5.41, 5.74) is 0. The molecule has 3 N–H and O–H groups in total. The fourth-order valence-corrected chi connectivity index (χ4v) is 8.11. The molecule has 0 heterocycles. The summed E-state index contributed by atoms with van der Waals surface area (Å²) in [6.07, 6.45) is 64.2. The van der Waals surface area contributed by atoms with Crippen molar-refractivity contribution in [2.24, 2.45) is 0 Å². The fourth-order valence-electron chi connectivity index (χ4n) is 8.11. The number of allylic oxidation sites excluding steroid dienone is 10. The lowest BCUT2D eigenvalue weighted by Gasteiger charge is -2.24. The topological polar surface area (TPSA) is 95.9 Å². The van der Waals surface area contributed by atoms with E-state index in [0.29, 0.717) is 19.3 Å². The van der Waals surface area contributed by atoms with Gasteiger partial charge in [0.2, 0.25) is 5.91 Å². The molecule has 0 bridgehead atoms. The van der Waals surface area contributed by atoms with Crippen LogP contribution in [0.15, 0.2) is 60.8 Å². The third-order valence-corrected chi connectivity index (χ3v) is 12.3. The summed E-state index contributed by atoms with van der Waals surface area (Å²) in [6.45, 7) is 6.45. The van der Waals surface area contributed by atoms with E-state index in [1.807, 2.05) is 0 Å². The van der Waals surface area contributed by atoms with Crippen molar-refractivity contribution in [3.8, 4) is 0 Å². The molecule has 0 aliphatic heterocycles. The zero-order valence-corrected chi connectivity index (χ0v) is 42.4. The van der Waals surface area contributed by atoms with E-state index in [4.69, 9.17) is 4.74 Å². The number of hydrogen-bond donors (Lipinski definition) is 3. The molecule has 0 radical (unpaired) electrons. The molecule has 3 unspecified atom stereocenters. The van der Waals surface area contributed by atoms with E-state index >= 15 is 0 Å². The summed E-state index contributed by atoms with van der Waals surface area (Å²) >= 11 is 0. The first-order chi connectivity index (χ1) is 31.5. The van der Waals surface area contributed by atoms with Gasteiger partial charge in [-0.15, -0.1) is 0 Å². The average molecular weight is 896 g/mol. The number of ether oxygens (including phenoxy) is 1. The lowest BCUT2D eigenvalue weighted by atomic mass is 10.0. The van der Waals surface area contributed by atoms with Gasteiger partial charge in [-0.3, -0.25) is 9.59 Å². The van der Waals surface area contributed by atoms with Gasteiger partial charge in [-0.2, -0.15) is 0 Å². The highest BCUT2D eigenvalue weighted by Gasteiger charge is 2.24. The normalized spacial score (nSPS) is 13.6. The van der Waals surface area contributed by atoms with E-state index in [1.165, 1.54) is 135 Å². The predicted octanol–water partition coefficient (Wildman–Crippen LogP) is 16.8. The van der Waals surface area contributed by atoms with Gasteiger partial charge in [0.1, 0.15) is 6.10 Å². The van der Waals surface area contributed by atoms with Gasteiger partial charge in [-0.1, -0.05) is 223 Å². The van der Waals surface area contributed by atoms with Crippen molar-refractivity contribution in [1.29, 1.82) is 0 Å². The van der Waals surface area contributed by atoms with Crippen LogP contribution in [0, 0.1) is 0 Å². The van der Waals surface area contributed by atoms with Gasteiger partial charge in [-0.05, 0) is 96.3 Å². The Balaban J connectivity index is 4.64. The van der Waals surface area contributed by atoms with Crippen molar-refractivity contribution < 1.29 is 24.5 Å². The van der Waals surface area contributed by atoms with Crippen LogP contribution in [-0.2, 0) is 14.3 Å². The van der Waals surface area contributed by atoms with Gasteiger partial charge in [0.25, 0.3) is 0 Å². The van der Waals surface area contributed by atoms with Crippen LogP contribution in [0.1, 0.15) is 271 Å². The molecule has 0 aromatic carbocycles. The van der Waals surface area contributed by atoms with E-state index in [0.717, 1.165) is 89.9 Å². The Kier molecular flexibility index (Phi) is 49.6. The third-order valence-electron chi connectivity index (χ3n) is 12.3. The lowest BCUT2D eigenvalue weighted by molar-refractivity contribution is -0.151. The number of nitrogens with one attached hydrogen (secondary N) is 1. The molecule has 6 heteroatoms. The van der Waals surface area contributed by atoms with Crippen LogP contribution in [0.4, 0.5) is 0 Å². The summed E-state index contributed by atoms with van der Waals surface area (Å²) in [5, 5.41) is 23.8. The Hall–Kier alpha value is -2.44. The number of rotatable bonds is 49. The molecular formula is C58H105NO5. The second kappa shape index (κ2) is 51.5. The number of carbonyl (C=O) groups is 2. The average Bonchev–Trinajstić information content (AvgIpc) is 3.29. The number of aliphatic hydroxyl groups is 2. The smallest absolute Gasteiger partial charge is 0.306 e. The zero-order valence-electron chi connectivity index (χ0n) is 42.4. The first-order valence-corrected chi connectivity index (χ1v) is 27.5. The Morgan fingerprint density at radius 1 is 0.453 bits per heavy atom. The van der Waals surface area contributed by atoms with Crippen LogP contribution in [0.2, 0.25) is 0 Å². The monoisotopic (exact) mass is 896 g/mol. The first kappa shape index (κ1) is 61.6. The van der Waals surface area contributed by atoms with Crippen LogP contribution >= 0.6 is 0 Å². The van der Waals surface area contributed by atoms with Crippen molar-refractivity contribution in [3.63, 3.8) is 0 Å². The zero-order chi connectivity index (χ0) is 46.7. The molecule has 0 rings (SSSR count). The van der Waals surface area contributed by atoms with E-state index < -0.39 is 18.2 Å². The number of carbonyl (C=O) groups excluding carboxylic acids is 2. The van der Waals surface area contributed by atoms with Crippen LogP contribution < -0.4 is 5.32 Å². The molecule has 0 aliphatic carbocycles.